The van der Waals surface area contributed by atoms with Crippen LogP contribution in [0.15, 0.2) is 24.3 Å². The third-order valence-electron chi connectivity index (χ3n) is 1.70. The van der Waals surface area contributed by atoms with Crippen molar-refractivity contribution >= 4 is 11.7 Å². The molecule has 0 aliphatic rings. The first-order chi connectivity index (χ1) is 7.02. The van der Waals surface area contributed by atoms with Crippen molar-refractivity contribution in [1.82, 2.24) is 0 Å². The molecule has 0 N–H and O–H groups in total. The van der Waals surface area contributed by atoms with E-state index in [1.807, 2.05) is 0 Å². The highest BCUT2D eigenvalue weighted by Crippen LogP contribution is 2.26. The lowest BCUT2D eigenvalue weighted by Crippen LogP contribution is -2.37. The molecule has 1 aromatic rings. The molecule has 1 rings (SSSR count). The van der Waals surface area contributed by atoms with Gasteiger partial charge in [0.15, 0.2) is 5.75 Å². The van der Waals surface area contributed by atoms with E-state index in [2.05, 4.69) is 0 Å². The number of nitro groups is 1. The molecule has 1 aromatic carbocycles. The maximum Gasteiger partial charge on any atom is 0.310 e. The first kappa shape index (κ1) is 11.0. The first-order valence-electron chi connectivity index (χ1n) is 4.13. The van der Waals surface area contributed by atoms with Crippen LogP contribution in [0.25, 0.3) is 0 Å². The molecule has 0 aliphatic heterocycles. The van der Waals surface area contributed by atoms with Gasteiger partial charge in [-0.2, -0.15) is 0 Å². The van der Waals surface area contributed by atoms with Gasteiger partial charge < -0.3 is 14.6 Å². The highest BCUT2D eigenvalue weighted by Gasteiger charge is 2.16. The summed E-state index contributed by atoms with van der Waals surface area (Å²) in [5, 5.41) is 20.9. The number of aliphatic carboxylic acids is 1. The van der Waals surface area contributed by atoms with E-state index in [-0.39, 0.29) is 11.4 Å². The number of nitrogens with zero attached hydrogens (tertiary/aromatic N) is 1. The van der Waals surface area contributed by atoms with Crippen molar-refractivity contribution in [3.8, 4) is 5.75 Å². The van der Waals surface area contributed by atoms with E-state index in [1.54, 1.807) is 0 Å². The lowest BCUT2D eigenvalue weighted by molar-refractivity contribution is -0.386. The summed E-state index contributed by atoms with van der Waals surface area (Å²) in [6.45, 7) is 1.24. The molecule has 0 fully saturated rings. The maximum absolute atomic E-state index is 10.5. The molecular formula is C9H8NO5-. The van der Waals surface area contributed by atoms with Gasteiger partial charge in [-0.25, -0.2) is 0 Å². The Kier molecular flexibility index (Phi) is 3.22. The molecule has 80 valence electrons. The number of carbonyl (C=O) groups excluding carboxylic acids is 1. The van der Waals surface area contributed by atoms with Gasteiger partial charge in [-0.3, -0.25) is 10.1 Å². The van der Waals surface area contributed by atoms with Crippen LogP contribution >= 0.6 is 0 Å². The number of rotatable bonds is 4. The maximum atomic E-state index is 10.5. The lowest BCUT2D eigenvalue weighted by atomic mass is 10.3. The molecule has 0 radical (unpaired) electrons. The second-order valence-electron chi connectivity index (χ2n) is 2.80. The number of hydrogen-bond donors (Lipinski definition) is 0. The molecular weight excluding hydrogens is 202 g/mol. The summed E-state index contributed by atoms with van der Waals surface area (Å²) in [5.74, 6) is -1.51. The fourth-order valence-corrected chi connectivity index (χ4v) is 0.946. The summed E-state index contributed by atoms with van der Waals surface area (Å²) in [5.41, 5.74) is -0.273. The molecule has 1 atom stereocenters. The average Bonchev–Trinajstić information content (AvgIpc) is 2.18. The third kappa shape index (κ3) is 2.67. The number of carboxylic acid groups (broad SMARTS) is 1. The highest BCUT2D eigenvalue weighted by atomic mass is 16.6. The van der Waals surface area contributed by atoms with Crippen molar-refractivity contribution in [2.75, 3.05) is 0 Å². The standard InChI is InChI=1S/C9H9NO5/c1-6(9(11)12)15-8-5-3-2-4-7(8)10(13)14/h2-6H,1H3,(H,11,12)/p-1/t6-/m0/s1. The Morgan fingerprint density at radius 2 is 2.07 bits per heavy atom. The zero-order valence-electron chi connectivity index (χ0n) is 7.88. The van der Waals surface area contributed by atoms with Crippen molar-refractivity contribution in [2.45, 2.75) is 13.0 Å². The van der Waals surface area contributed by atoms with Crippen LogP contribution in [0, 0.1) is 10.1 Å². The van der Waals surface area contributed by atoms with Crippen LogP contribution in [0.2, 0.25) is 0 Å². The molecule has 0 aliphatic carbocycles. The molecule has 0 heterocycles. The first-order valence-corrected chi connectivity index (χ1v) is 4.13. The second kappa shape index (κ2) is 4.41. The van der Waals surface area contributed by atoms with Crippen molar-refractivity contribution < 1.29 is 19.6 Å². The summed E-state index contributed by atoms with van der Waals surface area (Å²) in [6, 6.07) is 5.55. The van der Waals surface area contributed by atoms with Crippen LogP contribution in [-0.4, -0.2) is 17.0 Å². The Labute approximate surface area is 85.2 Å². The molecule has 0 bridgehead atoms. The lowest BCUT2D eigenvalue weighted by Gasteiger charge is -2.14. The zero-order valence-corrected chi connectivity index (χ0v) is 7.88. The van der Waals surface area contributed by atoms with Gasteiger partial charge in [0, 0.05) is 6.07 Å². The second-order valence-corrected chi connectivity index (χ2v) is 2.80. The van der Waals surface area contributed by atoms with Gasteiger partial charge in [0.1, 0.15) is 6.10 Å². The van der Waals surface area contributed by atoms with Gasteiger partial charge in [0.05, 0.1) is 10.9 Å². The van der Waals surface area contributed by atoms with E-state index in [9.17, 15) is 20.0 Å². The van der Waals surface area contributed by atoms with Crippen molar-refractivity contribution in [1.29, 1.82) is 0 Å². The third-order valence-corrected chi connectivity index (χ3v) is 1.70. The summed E-state index contributed by atoms with van der Waals surface area (Å²) in [7, 11) is 0. The molecule has 6 nitrogen and oxygen atoms in total. The minimum atomic E-state index is -1.42. The van der Waals surface area contributed by atoms with E-state index in [0.29, 0.717) is 0 Å². The number of benzene rings is 1. The van der Waals surface area contributed by atoms with E-state index < -0.39 is 17.0 Å². The molecule has 0 spiro atoms. The van der Waals surface area contributed by atoms with Gasteiger partial charge >= 0.3 is 5.69 Å². The summed E-state index contributed by atoms with van der Waals surface area (Å²) in [6.07, 6.45) is -1.23. The summed E-state index contributed by atoms with van der Waals surface area (Å²) in [4.78, 5) is 20.3. The molecule has 0 saturated heterocycles. The van der Waals surface area contributed by atoms with Crippen LogP contribution in [-0.2, 0) is 4.79 Å². The van der Waals surface area contributed by atoms with Crippen LogP contribution < -0.4 is 9.84 Å². The Morgan fingerprint density at radius 1 is 1.47 bits per heavy atom. The molecule has 15 heavy (non-hydrogen) atoms. The minimum absolute atomic E-state index is 0.0841. The number of ether oxygens (including phenoxy) is 1. The van der Waals surface area contributed by atoms with E-state index in [4.69, 9.17) is 4.74 Å². The Morgan fingerprint density at radius 3 is 2.60 bits per heavy atom. The Balaban J connectivity index is 2.94. The van der Waals surface area contributed by atoms with Gasteiger partial charge in [0.25, 0.3) is 0 Å². The number of hydrogen-bond acceptors (Lipinski definition) is 5. The van der Waals surface area contributed by atoms with Gasteiger partial charge in [-0.1, -0.05) is 12.1 Å². The van der Waals surface area contributed by atoms with Crippen molar-refractivity contribution in [3.63, 3.8) is 0 Å². The monoisotopic (exact) mass is 210 g/mol. The van der Waals surface area contributed by atoms with Crippen LogP contribution in [0.1, 0.15) is 6.92 Å². The Bertz CT molecular complexity index is 390. The van der Waals surface area contributed by atoms with Crippen molar-refractivity contribution in [2.24, 2.45) is 0 Å². The number of carbonyl (C=O) groups is 1. The fraction of sp³-hybridized carbons (Fsp3) is 0.222. The smallest absolute Gasteiger partial charge is 0.310 e. The number of carboxylic acids is 1. The summed E-state index contributed by atoms with van der Waals surface area (Å²) >= 11 is 0. The number of para-hydroxylation sites is 2. The van der Waals surface area contributed by atoms with Gasteiger partial charge in [0.2, 0.25) is 0 Å². The predicted molar refractivity (Wildman–Crippen MR) is 48.2 cm³/mol. The van der Waals surface area contributed by atoms with E-state index in [1.165, 1.54) is 31.2 Å². The van der Waals surface area contributed by atoms with Gasteiger partial charge in [-0.15, -0.1) is 0 Å². The fourth-order valence-electron chi connectivity index (χ4n) is 0.946. The van der Waals surface area contributed by atoms with Crippen LogP contribution in [0.5, 0.6) is 5.75 Å². The van der Waals surface area contributed by atoms with E-state index >= 15 is 0 Å². The average molecular weight is 210 g/mol. The normalized spacial score (nSPS) is 11.8. The molecule has 0 unspecified atom stereocenters. The largest absolute Gasteiger partial charge is 0.546 e. The van der Waals surface area contributed by atoms with Crippen LogP contribution in [0.4, 0.5) is 5.69 Å². The minimum Gasteiger partial charge on any atom is -0.546 e. The molecule has 0 aromatic heterocycles. The van der Waals surface area contributed by atoms with E-state index in [0.717, 1.165) is 0 Å². The molecule has 6 heteroatoms. The Hall–Kier alpha value is -2.11. The van der Waals surface area contributed by atoms with Gasteiger partial charge in [-0.05, 0) is 13.0 Å². The van der Waals surface area contributed by atoms with Crippen LogP contribution in [0.3, 0.4) is 0 Å². The van der Waals surface area contributed by atoms with Crippen molar-refractivity contribution in [3.05, 3.63) is 34.4 Å². The summed E-state index contributed by atoms with van der Waals surface area (Å²) < 4.78 is 4.86. The molecule has 0 saturated carbocycles. The topological polar surface area (TPSA) is 92.5 Å². The highest BCUT2D eigenvalue weighted by molar-refractivity contribution is 5.70. The predicted octanol–water partition coefficient (Wildman–Crippen LogP) is 0.112. The number of nitro benzene ring substituents is 1. The zero-order chi connectivity index (χ0) is 11.4. The quantitative estimate of drug-likeness (QED) is 0.519. The molecule has 0 amide bonds. The SMILES string of the molecule is C[C@H](Oc1ccccc1[N+](=O)[O-])C(=O)[O-].